The third-order valence-corrected chi connectivity index (χ3v) is 3.97. The molecule has 0 aromatic carbocycles. The van der Waals surface area contributed by atoms with E-state index in [9.17, 15) is 9.59 Å². The van der Waals surface area contributed by atoms with Crippen LogP contribution in [0, 0.1) is 17.8 Å². The first-order chi connectivity index (χ1) is 7.58. The van der Waals surface area contributed by atoms with Gasteiger partial charge in [-0.2, -0.15) is 0 Å². The van der Waals surface area contributed by atoms with Gasteiger partial charge in [-0.25, -0.2) is 0 Å². The molecule has 0 aromatic heterocycles. The Morgan fingerprint density at radius 1 is 1.31 bits per heavy atom. The van der Waals surface area contributed by atoms with Gasteiger partial charge in [-0.15, -0.1) is 0 Å². The fourth-order valence-corrected chi connectivity index (χ4v) is 2.56. The van der Waals surface area contributed by atoms with Crippen molar-refractivity contribution >= 4 is 11.9 Å². The first-order valence-corrected chi connectivity index (χ1v) is 6.08. The maximum Gasteiger partial charge on any atom is 0.308 e. The molecule has 1 saturated carbocycles. The minimum Gasteiger partial charge on any atom is -0.481 e. The van der Waals surface area contributed by atoms with Crippen LogP contribution >= 0.6 is 0 Å². The van der Waals surface area contributed by atoms with Crippen LogP contribution in [0.2, 0.25) is 0 Å². The van der Waals surface area contributed by atoms with Crippen LogP contribution in [0.3, 0.4) is 0 Å². The van der Waals surface area contributed by atoms with Crippen molar-refractivity contribution in [2.75, 3.05) is 13.1 Å². The number of carboxylic acids is 1. The van der Waals surface area contributed by atoms with E-state index in [-0.39, 0.29) is 17.7 Å². The van der Waals surface area contributed by atoms with Crippen molar-refractivity contribution in [1.82, 2.24) is 4.90 Å². The summed E-state index contributed by atoms with van der Waals surface area (Å²) in [6.07, 6.45) is 4.19. The van der Waals surface area contributed by atoms with Crippen molar-refractivity contribution in [3.05, 3.63) is 0 Å². The number of aliphatic carboxylic acids is 1. The highest BCUT2D eigenvalue weighted by molar-refractivity contribution is 5.79. The molecule has 16 heavy (non-hydrogen) atoms. The van der Waals surface area contributed by atoms with Gasteiger partial charge in [0.1, 0.15) is 0 Å². The standard InChI is InChI=1S/C12H19NO3/c1-8-6-13(7-10(8)12(15)16)11(14)5-9-3-2-4-9/h8-10H,2-7H2,1H3,(H,15,16)/t8-,10-/m1/s1. The molecule has 4 heteroatoms. The first kappa shape index (κ1) is 11.4. The lowest BCUT2D eigenvalue weighted by Crippen LogP contribution is -2.32. The minimum atomic E-state index is -0.772. The van der Waals surface area contributed by atoms with Crippen molar-refractivity contribution in [3.63, 3.8) is 0 Å². The number of carbonyl (C=O) groups is 2. The second-order valence-electron chi connectivity index (χ2n) is 5.22. The summed E-state index contributed by atoms with van der Waals surface area (Å²) < 4.78 is 0. The first-order valence-electron chi connectivity index (χ1n) is 6.08. The van der Waals surface area contributed by atoms with E-state index in [1.807, 2.05) is 6.92 Å². The van der Waals surface area contributed by atoms with Gasteiger partial charge in [-0.3, -0.25) is 9.59 Å². The van der Waals surface area contributed by atoms with Gasteiger partial charge in [0, 0.05) is 19.5 Å². The Kier molecular flexibility index (Phi) is 3.17. The third kappa shape index (κ3) is 2.20. The Balaban J connectivity index is 1.86. The zero-order chi connectivity index (χ0) is 11.7. The summed E-state index contributed by atoms with van der Waals surface area (Å²) in [5.74, 6) is -0.341. The molecule has 1 saturated heterocycles. The van der Waals surface area contributed by atoms with E-state index < -0.39 is 5.97 Å². The zero-order valence-corrected chi connectivity index (χ0v) is 9.69. The Morgan fingerprint density at radius 2 is 2.00 bits per heavy atom. The summed E-state index contributed by atoms with van der Waals surface area (Å²) in [7, 11) is 0. The number of likely N-dealkylation sites (tertiary alicyclic amines) is 1. The number of hydrogen-bond donors (Lipinski definition) is 1. The predicted octanol–water partition coefficient (Wildman–Crippen LogP) is 1.36. The maximum absolute atomic E-state index is 11.9. The highest BCUT2D eigenvalue weighted by Crippen LogP contribution is 2.31. The van der Waals surface area contributed by atoms with E-state index >= 15 is 0 Å². The van der Waals surface area contributed by atoms with Gasteiger partial charge in [0.25, 0.3) is 0 Å². The summed E-state index contributed by atoms with van der Waals surface area (Å²) in [4.78, 5) is 24.6. The minimum absolute atomic E-state index is 0.0860. The van der Waals surface area contributed by atoms with Crippen LogP contribution < -0.4 is 0 Å². The van der Waals surface area contributed by atoms with Crippen molar-refractivity contribution in [1.29, 1.82) is 0 Å². The Morgan fingerprint density at radius 3 is 2.44 bits per heavy atom. The summed E-state index contributed by atoms with van der Waals surface area (Å²) in [6, 6.07) is 0. The van der Waals surface area contributed by atoms with E-state index in [1.54, 1.807) is 4.90 Å². The number of amides is 1. The van der Waals surface area contributed by atoms with Gasteiger partial charge in [-0.05, 0) is 24.7 Å². The van der Waals surface area contributed by atoms with Crippen molar-refractivity contribution in [3.8, 4) is 0 Å². The van der Waals surface area contributed by atoms with E-state index in [2.05, 4.69) is 0 Å². The van der Waals surface area contributed by atoms with E-state index in [4.69, 9.17) is 5.11 Å². The molecule has 4 nitrogen and oxygen atoms in total. The molecule has 2 fully saturated rings. The molecule has 1 heterocycles. The topological polar surface area (TPSA) is 57.6 Å². The number of carbonyl (C=O) groups excluding carboxylic acids is 1. The van der Waals surface area contributed by atoms with Gasteiger partial charge in [0.2, 0.25) is 5.91 Å². The summed E-state index contributed by atoms with van der Waals surface area (Å²) in [5.41, 5.74) is 0. The van der Waals surface area contributed by atoms with E-state index in [0.717, 1.165) is 12.8 Å². The fourth-order valence-electron chi connectivity index (χ4n) is 2.56. The van der Waals surface area contributed by atoms with Gasteiger partial charge >= 0.3 is 5.97 Å². The van der Waals surface area contributed by atoms with Crippen molar-refractivity contribution < 1.29 is 14.7 Å². The second kappa shape index (κ2) is 4.44. The molecule has 1 aliphatic carbocycles. The summed E-state index contributed by atoms with van der Waals surface area (Å²) >= 11 is 0. The van der Waals surface area contributed by atoms with Gasteiger partial charge < -0.3 is 10.0 Å². The highest BCUT2D eigenvalue weighted by atomic mass is 16.4. The Bertz CT molecular complexity index is 299. The second-order valence-corrected chi connectivity index (χ2v) is 5.22. The lowest BCUT2D eigenvalue weighted by atomic mass is 9.83. The van der Waals surface area contributed by atoms with Gasteiger partial charge in [0.05, 0.1) is 5.92 Å². The molecule has 0 spiro atoms. The lowest BCUT2D eigenvalue weighted by Gasteiger charge is -2.27. The predicted molar refractivity (Wildman–Crippen MR) is 58.8 cm³/mol. The van der Waals surface area contributed by atoms with E-state index in [0.29, 0.717) is 25.4 Å². The SMILES string of the molecule is C[C@@H]1CN(C(=O)CC2CCC2)C[C@H]1C(=O)O. The molecule has 0 radical (unpaired) electrons. The lowest BCUT2D eigenvalue weighted by molar-refractivity contribution is -0.142. The van der Waals surface area contributed by atoms with Crippen LogP contribution in [0.5, 0.6) is 0 Å². The number of hydrogen-bond acceptors (Lipinski definition) is 2. The molecule has 2 aliphatic rings. The van der Waals surface area contributed by atoms with E-state index in [1.165, 1.54) is 6.42 Å². The molecule has 2 atom stereocenters. The molecule has 2 rings (SSSR count). The largest absolute Gasteiger partial charge is 0.481 e. The summed E-state index contributed by atoms with van der Waals surface area (Å²) in [6.45, 7) is 2.93. The quantitative estimate of drug-likeness (QED) is 0.789. The molecule has 0 unspecified atom stereocenters. The van der Waals surface area contributed by atoms with Crippen LogP contribution in [0.25, 0.3) is 0 Å². The molecule has 0 bridgehead atoms. The molecule has 1 aliphatic heterocycles. The van der Waals surface area contributed by atoms with Crippen LogP contribution in [0.4, 0.5) is 0 Å². The van der Waals surface area contributed by atoms with Crippen LogP contribution in [-0.2, 0) is 9.59 Å². The molecule has 90 valence electrons. The van der Waals surface area contributed by atoms with Crippen molar-refractivity contribution in [2.24, 2.45) is 17.8 Å². The van der Waals surface area contributed by atoms with Gasteiger partial charge in [0.15, 0.2) is 0 Å². The Labute approximate surface area is 95.6 Å². The maximum atomic E-state index is 11.9. The van der Waals surface area contributed by atoms with Crippen LogP contribution in [0.15, 0.2) is 0 Å². The molecule has 1 amide bonds. The average Bonchev–Trinajstić information content (AvgIpc) is 2.53. The monoisotopic (exact) mass is 225 g/mol. The summed E-state index contributed by atoms with van der Waals surface area (Å²) in [5, 5.41) is 8.98. The number of carboxylic acid groups (broad SMARTS) is 1. The zero-order valence-electron chi connectivity index (χ0n) is 9.69. The van der Waals surface area contributed by atoms with Crippen LogP contribution in [-0.4, -0.2) is 35.0 Å². The normalized spacial score (nSPS) is 30.2. The Hall–Kier alpha value is -1.06. The average molecular weight is 225 g/mol. The highest BCUT2D eigenvalue weighted by Gasteiger charge is 2.37. The molecular formula is C12H19NO3. The van der Waals surface area contributed by atoms with Crippen molar-refractivity contribution in [2.45, 2.75) is 32.6 Å². The fraction of sp³-hybridized carbons (Fsp3) is 0.833. The molecular weight excluding hydrogens is 206 g/mol. The number of nitrogens with zero attached hydrogens (tertiary/aromatic N) is 1. The molecule has 1 N–H and O–H groups in total. The van der Waals surface area contributed by atoms with Crippen LogP contribution in [0.1, 0.15) is 32.6 Å². The molecule has 0 aromatic rings. The number of rotatable bonds is 3. The van der Waals surface area contributed by atoms with Gasteiger partial charge in [-0.1, -0.05) is 13.3 Å². The third-order valence-electron chi connectivity index (χ3n) is 3.97. The smallest absolute Gasteiger partial charge is 0.308 e.